The second kappa shape index (κ2) is 1.93. The van der Waals surface area contributed by atoms with Gasteiger partial charge in [-0.25, -0.2) is 0 Å². The van der Waals surface area contributed by atoms with Crippen LogP contribution in [-0.2, 0) is 0 Å². The molecule has 0 atom stereocenters. The van der Waals surface area contributed by atoms with E-state index in [-0.39, 0.29) is 0 Å². The van der Waals surface area contributed by atoms with Crippen LogP contribution in [0.4, 0.5) is 0 Å². The van der Waals surface area contributed by atoms with Gasteiger partial charge >= 0.3 is 0 Å². The summed E-state index contributed by atoms with van der Waals surface area (Å²) in [5.41, 5.74) is 0.690. The first-order chi connectivity index (χ1) is 3.84. The fourth-order valence-electron chi connectivity index (χ4n) is 0.406. The van der Waals surface area contributed by atoms with Gasteiger partial charge in [-0.05, 0) is 18.5 Å². The van der Waals surface area contributed by atoms with Gasteiger partial charge in [0.2, 0.25) is 0 Å². The number of hydrogen-bond donors (Lipinski definition) is 0. The Kier molecular flexibility index (Phi) is 1.27. The molecule has 8 heavy (non-hydrogen) atoms. The highest BCUT2D eigenvalue weighted by Gasteiger charge is 1.95. The van der Waals surface area contributed by atoms with Crippen molar-refractivity contribution in [3.05, 3.63) is 16.6 Å². The molecule has 1 heterocycles. The van der Waals surface area contributed by atoms with Crippen LogP contribution in [0.15, 0.2) is 6.20 Å². The Balaban J connectivity index is 3.15. The Morgan fingerprint density at radius 1 is 1.88 bits per heavy atom. The molecule has 1 rings (SSSR count). The van der Waals surface area contributed by atoms with Crippen molar-refractivity contribution in [1.29, 1.82) is 5.26 Å². The van der Waals surface area contributed by atoms with Crippen LogP contribution in [0.5, 0.6) is 0 Å². The maximum Gasteiger partial charge on any atom is 0.102 e. The lowest BCUT2D eigenvalue weighted by atomic mass is 10.3. The lowest BCUT2D eigenvalue weighted by molar-refractivity contribution is 1.45. The third kappa shape index (κ3) is 0.703. The van der Waals surface area contributed by atoms with Crippen molar-refractivity contribution in [3.63, 3.8) is 0 Å². The summed E-state index contributed by atoms with van der Waals surface area (Å²) in [6.45, 7) is 1.89. The molecule has 0 amide bonds. The molecule has 0 saturated heterocycles. The molecule has 0 spiro atoms. The maximum atomic E-state index is 8.32. The minimum Gasteiger partial charge on any atom is -0.199 e. The van der Waals surface area contributed by atoms with Crippen molar-refractivity contribution < 1.29 is 0 Å². The van der Waals surface area contributed by atoms with E-state index in [2.05, 4.69) is 4.37 Å². The highest BCUT2D eigenvalue weighted by Crippen LogP contribution is 2.08. The zero-order chi connectivity index (χ0) is 5.98. The second-order valence-electron chi connectivity index (χ2n) is 1.41. The SMILES string of the molecule is Cc1sncc1C#N. The minimum absolute atomic E-state index is 0.690. The highest BCUT2D eigenvalue weighted by atomic mass is 32.1. The van der Waals surface area contributed by atoms with E-state index >= 15 is 0 Å². The largest absolute Gasteiger partial charge is 0.199 e. The molecule has 1 aromatic heterocycles. The average molecular weight is 124 g/mol. The summed E-state index contributed by atoms with van der Waals surface area (Å²) in [4.78, 5) is 0.993. The van der Waals surface area contributed by atoms with Crippen LogP contribution >= 0.6 is 11.5 Å². The summed E-state index contributed by atoms with van der Waals surface area (Å²) < 4.78 is 3.81. The van der Waals surface area contributed by atoms with E-state index in [0.29, 0.717) is 5.56 Å². The van der Waals surface area contributed by atoms with Crippen LogP contribution in [0.1, 0.15) is 10.4 Å². The number of nitrogens with zero attached hydrogens (tertiary/aromatic N) is 2. The molecule has 40 valence electrons. The first-order valence-electron chi connectivity index (χ1n) is 2.16. The summed E-state index contributed by atoms with van der Waals surface area (Å²) in [7, 11) is 0. The van der Waals surface area contributed by atoms with E-state index in [4.69, 9.17) is 5.26 Å². The molecule has 0 unspecified atom stereocenters. The molecule has 0 aliphatic carbocycles. The van der Waals surface area contributed by atoms with Gasteiger partial charge in [0, 0.05) is 4.88 Å². The second-order valence-corrected chi connectivity index (χ2v) is 2.41. The first-order valence-corrected chi connectivity index (χ1v) is 2.93. The van der Waals surface area contributed by atoms with E-state index in [1.165, 1.54) is 11.5 Å². The van der Waals surface area contributed by atoms with Crippen LogP contribution < -0.4 is 0 Å². The quantitative estimate of drug-likeness (QED) is 0.523. The average Bonchev–Trinajstić information content (AvgIpc) is 2.14. The maximum absolute atomic E-state index is 8.32. The molecule has 0 saturated carbocycles. The molecule has 2 nitrogen and oxygen atoms in total. The van der Waals surface area contributed by atoms with Gasteiger partial charge in [-0.15, -0.1) is 0 Å². The van der Waals surface area contributed by atoms with Gasteiger partial charge in [-0.1, -0.05) is 0 Å². The normalized spacial score (nSPS) is 8.50. The van der Waals surface area contributed by atoms with Gasteiger partial charge in [-0.2, -0.15) is 9.64 Å². The van der Waals surface area contributed by atoms with Gasteiger partial charge in [0.05, 0.1) is 11.8 Å². The van der Waals surface area contributed by atoms with Crippen molar-refractivity contribution in [3.8, 4) is 6.07 Å². The van der Waals surface area contributed by atoms with Crippen molar-refractivity contribution in [2.24, 2.45) is 0 Å². The minimum atomic E-state index is 0.690. The lowest BCUT2D eigenvalue weighted by Crippen LogP contribution is -1.66. The Labute approximate surface area is 51.6 Å². The van der Waals surface area contributed by atoms with Crippen LogP contribution in [0, 0.1) is 18.3 Å². The number of hydrogen-bond acceptors (Lipinski definition) is 3. The summed E-state index contributed by atoms with van der Waals surface area (Å²) >= 11 is 1.36. The monoisotopic (exact) mass is 124 g/mol. The molecule has 3 heteroatoms. The number of rotatable bonds is 0. The fraction of sp³-hybridized carbons (Fsp3) is 0.200. The highest BCUT2D eigenvalue weighted by molar-refractivity contribution is 7.05. The van der Waals surface area contributed by atoms with Crippen LogP contribution in [0.3, 0.4) is 0 Å². The predicted octanol–water partition coefficient (Wildman–Crippen LogP) is 1.32. The molecule has 0 bridgehead atoms. The van der Waals surface area contributed by atoms with E-state index in [1.807, 2.05) is 13.0 Å². The third-order valence-corrected chi connectivity index (χ3v) is 1.58. The molecule has 0 fully saturated rings. The van der Waals surface area contributed by atoms with Gasteiger partial charge < -0.3 is 0 Å². The topological polar surface area (TPSA) is 36.7 Å². The predicted molar refractivity (Wildman–Crippen MR) is 31.6 cm³/mol. The van der Waals surface area contributed by atoms with E-state index in [9.17, 15) is 0 Å². The zero-order valence-electron chi connectivity index (χ0n) is 4.38. The van der Waals surface area contributed by atoms with Gasteiger partial charge in [-0.3, -0.25) is 0 Å². The smallest absolute Gasteiger partial charge is 0.102 e. The molecular weight excluding hydrogens is 120 g/mol. The van der Waals surface area contributed by atoms with Gasteiger partial charge in [0.25, 0.3) is 0 Å². The Morgan fingerprint density at radius 3 is 2.88 bits per heavy atom. The lowest BCUT2D eigenvalue weighted by Gasteiger charge is -1.74. The van der Waals surface area contributed by atoms with Crippen molar-refractivity contribution >= 4 is 11.5 Å². The summed E-state index contributed by atoms with van der Waals surface area (Å²) in [5.74, 6) is 0. The molecule has 0 N–H and O–H groups in total. The van der Waals surface area contributed by atoms with Crippen molar-refractivity contribution in [2.45, 2.75) is 6.92 Å². The molecule has 0 aliphatic rings. The first kappa shape index (κ1) is 5.26. The number of nitriles is 1. The van der Waals surface area contributed by atoms with Crippen LogP contribution in [0.2, 0.25) is 0 Å². The summed E-state index contributed by atoms with van der Waals surface area (Å²) in [6, 6.07) is 2.02. The van der Waals surface area contributed by atoms with E-state index < -0.39 is 0 Å². The van der Waals surface area contributed by atoms with Crippen LogP contribution in [-0.4, -0.2) is 4.37 Å². The summed E-state index contributed by atoms with van der Waals surface area (Å²) in [6.07, 6.45) is 1.58. The Hall–Kier alpha value is -0.880. The fourth-order valence-corrected chi connectivity index (χ4v) is 0.919. The zero-order valence-corrected chi connectivity index (χ0v) is 5.20. The third-order valence-electron chi connectivity index (χ3n) is 0.871. The molecule has 0 radical (unpaired) electrons. The van der Waals surface area contributed by atoms with E-state index in [0.717, 1.165) is 4.88 Å². The van der Waals surface area contributed by atoms with Crippen molar-refractivity contribution in [1.82, 2.24) is 4.37 Å². The molecule has 1 aromatic rings. The molecule has 0 aliphatic heterocycles. The van der Waals surface area contributed by atoms with Gasteiger partial charge in [0.15, 0.2) is 0 Å². The van der Waals surface area contributed by atoms with Crippen LogP contribution in [0.25, 0.3) is 0 Å². The standard InChI is InChI=1S/C5H4N2S/c1-4-5(2-6)3-7-8-4/h3H,1H3. The number of aryl methyl sites for hydroxylation is 1. The summed E-state index contributed by atoms with van der Waals surface area (Å²) in [5, 5.41) is 8.32. The Morgan fingerprint density at radius 2 is 2.62 bits per heavy atom. The van der Waals surface area contributed by atoms with Crippen molar-refractivity contribution in [2.75, 3.05) is 0 Å². The van der Waals surface area contributed by atoms with Gasteiger partial charge in [0.1, 0.15) is 6.07 Å². The Bertz CT molecular complexity index is 221. The van der Waals surface area contributed by atoms with E-state index in [1.54, 1.807) is 6.20 Å². The number of aromatic nitrogens is 1. The molecular formula is C5H4N2S. The molecule has 0 aromatic carbocycles.